The summed E-state index contributed by atoms with van der Waals surface area (Å²) in [4.78, 5) is 27.9. The summed E-state index contributed by atoms with van der Waals surface area (Å²) in [6, 6.07) is 0. The molecule has 7 heteroatoms. The van der Waals surface area contributed by atoms with Gasteiger partial charge in [-0.25, -0.2) is 4.98 Å². The van der Waals surface area contributed by atoms with Crippen molar-refractivity contribution in [3.05, 3.63) is 27.8 Å². The van der Waals surface area contributed by atoms with E-state index < -0.39 is 0 Å². The maximum atomic E-state index is 11.0. The van der Waals surface area contributed by atoms with Crippen LogP contribution < -0.4 is 5.56 Å². The van der Waals surface area contributed by atoms with Crippen LogP contribution in [0.2, 0.25) is 0 Å². The molecule has 0 spiro atoms. The first kappa shape index (κ1) is 6.65. The van der Waals surface area contributed by atoms with Gasteiger partial charge in [0.1, 0.15) is 5.39 Å². The Hall–Kier alpha value is -2.05. The maximum Gasteiger partial charge on any atom is 0.261 e. The van der Waals surface area contributed by atoms with Crippen molar-refractivity contribution in [2.75, 3.05) is 0 Å². The third-order valence-electron chi connectivity index (χ3n) is 1.43. The fraction of sp³-hybridized carbons (Fsp3) is 0. The quantitative estimate of drug-likeness (QED) is 0.584. The zero-order chi connectivity index (χ0) is 8.55. The van der Waals surface area contributed by atoms with Gasteiger partial charge in [-0.15, -0.1) is 4.91 Å². The Morgan fingerprint density at radius 3 is 3.17 bits per heavy atom. The number of H-pyrrole nitrogens is 1. The lowest BCUT2D eigenvalue weighted by atomic mass is 10.4. The number of nitroso groups, excluding NO2 is 1. The molecular formula is C5H3N5O2. The fourth-order valence-corrected chi connectivity index (χ4v) is 0.903. The summed E-state index contributed by atoms with van der Waals surface area (Å²) in [6.07, 6.45) is 2.43. The number of hydrogen-bond donors (Lipinski definition) is 1. The second kappa shape index (κ2) is 2.22. The van der Waals surface area contributed by atoms with Crippen LogP contribution in [0.25, 0.3) is 11.0 Å². The molecule has 7 nitrogen and oxygen atoms in total. The van der Waals surface area contributed by atoms with Gasteiger partial charge in [0, 0.05) is 0 Å². The highest BCUT2D eigenvalue weighted by atomic mass is 16.3. The van der Waals surface area contributed by atoms with Gasteiger partial charge in [0.2, 0.25) is 0 Å². The molecule has 0 aromatic carbocycles. The lowest BCUT2D eigenvalue weighted by Crippen LogP contribution is -2.05. The van der Waals surface area contributed by atoms with E-state index in [2.05, 4.69) is 20.4 Å². The number of rotatable bonds is 1. The number of fused-ring (bicyclic) bond motifs is 1. The first-order chi connectivity index (χ1) is 5.83. The average Bonchev–Trinajstić information content (AvgIpc) is 2.49. The summed E-state index contributed by atoms with van der Waals surface area (Å²) in [5, 5.41) is 6.32. The topological polar surface area (TPSA) is 93.0 Å². The highest BCUT2D eigenvalue weighted by Crippen LogP contribution is 2.02. The third kappa shape index (κ3) is 0.729. The molecule has 0 fully saturated rings. The molecule has 0 aliphatic heterocycles. The molecule has 2 heterocycles. The molecule has 2 aromatic heterocycles. The highest BCUT2D eigenvalue weighted by Gasteiger charge is 2.05. The Kier molecular flexibility index (Phi) is 1.23. The van der Waals surface area contributed by atoms with E-state index in [1.807, 2.05) is 0 Å². The Bertz CT molecular complexity index is 484. The fourth-order valence-electron chi connectivity index (χ4n) is 0.903. The molecule has 12 heavy (non-hydrogen) atoms. The molecule has 2 rings (SSSR count). The van der Waals surface area contributed by atoms with Crippen LogP contribution in [0.1, 0.15) is 0 Å². The molecule has 0 aliphatic carbocycles. The lowest BCUT2D eigenvalue weighted by Gasteiger charge is -1.86. The van der Waals surface area contributed by atoms with E-state index in [4.69, 9.17) is 0 Å². The first-order valence-corrected chi connectivity index (χ1v) is 3.08. The molecule has 0 aliphatic rings. The van der Waals surface area contributed by atoms with Crippen LogP contribution in [0, 0.1) is 4.91 Å². The van der Waals surface area contributed by atoms with Gasteiger partial charge in [-0.05, 0) is 0 Å². The largest absolute Gasteiger partial charge is 0.312 e. The van der Waals surface area contributed by atoms with E-state index >= 15 is 0 Å². The van der Waals surface area contributed by atoms with Gasteiger partial charge in [0.15, 0.2) is 5.65 Å². The number of nitrogens with zero attached hydrogens (tertiary/aromatic N) is 4. The standard InChI is InChI=1S/C5H3N5O2/c11-5-3-1-8-10(9-12)4(3)6-2-7-5/h1-2H,(H,6,7,11). The minimum absolute atomic E-state index is 0.161. The Balaban J connectivity index is 2.98. The molecule has 0 bridgehead atoms. The molecule has 0 saturated heterocycles. The number of aromatic amines is 1. The van der Waals surface area contributed by atoms with Crippen molar-refractivity contribution >= 4 is 11.0 Å². The third-order valence-corrected chi connectivity index (χ3v) is 1.43. The SMILES string of the molecule is O=Nn1ncc2c(=O)[nH]cnc21. The van der Waals surface area contributed by atoms with Crippen LogP contribution in [0.4, 0.5) is 0 Å². The van der Waals surface area contributed by atoms with Gasteiger partial charge in [-0.2, -0.15) is 5.10 Å². The van der Waals surface area contributed by atoms with Crippen LogP contribution in [0.3, 0.4) is 0 Å². The van der Waals surface area contributed by atoms with Crippen molar-refractivity contribution < 1.29 is 0 Å². The molecular weight excluding hydrogens is 162 g/mol. The van der Waals surface area contributed by atoms with Crippen LogP contribution in [-0.4, -0.2) is 19.9 Å². The second-order valence-corrected chi connectivity index (χ2v) is 2.08. The average molecular weight is 165 g/mol. The smallest absolute Gasteiger partial charge is 0.261 e. The van der Waals surface area contributed by atoms with Crippen molar-refractivity contribution in [2.24, 2.45) is 5.29 Å². The van der Waals surface area contributed by atoms with Gasteiger partial charge in [-0.1, -0.05) is 4.79 Å². The molecule has 0 unspecified atom stereocenters. The molecule has 0 atom stereocenters. The van der Waals surface area contributed by atoms with Crippen LogP contribution >= 0.6 is 0 Å². The van der Waals surface area contributed by atoms with Gasteiger partial charge >= 0.3 is 0 Å². The highest BCUT2D eigenvalue weighted by molar-refractivity contribution is 5.72. The first-order valence-electron chi connectivity index (χ1n) is 3.08. The predicted octanol–water partition coefficient (Wildman–Crippen LogP) is -0.351. The van der Waals surface area contributed by atoms with E-state index in [9.17, 15) is 9.70 Å². The molecule has 60 valence electrons. The van der Waals surface area contributed by atoms with Gasteiger partial charge < -0.3 is 4.98 Å². The monoisotopic (exact) mass is 165 g/mol. The summed E-state index contributed by atoms with van der Waals surface area (Å²) in [5.41, 5.74) is -0.177. The summed E-state index contributed by atoms with van der Waals surface area (Å²) in [5.74, 6) is 0. The van der Waals surface area contributed by atoms with Crippen molar-refractivity contribution in [1.29, 1.82) is 0 Å². The maximum absolute atomic E-state index is 11.0. The van der Waals surface area contributed by atoms with Crippen LogP contribution in [-0.2, 0) is 0 Å². The van der Waals surface area contributed by atoms with Crippen molar-refractivity contribution in [3.63, 3.8) is 0 Å². The van der Waals surface area contributed by atoms with Gasteiger partial charge in [0.25, 0.3) is 5.56 Å². The van der Waals surface area contributed by atoms with Crippen LogP contribution in [0.5, 0.6) is 0 Å². The molecule has 0 radical (unpaired) electrons. The Morgan fingerprint density at radius 2 is 2.42 bits per heavy atom. The zero-order valence-electron chi connectivity index (χ0n) is 5.76. The number of hydrogen-bond acceptors (Lipinski definition) is 5. The molecule has 1 N–H and O–H groups in total. The van der Waals surface area contributed by atoms with Crippen molar-refractivity contribution in [2.45, 2.75) is 0 Å². The molecule has 0 saturated carbocycles. The van der Waals surface area contributed by atoms with E-state index in [-0.39, 0.29) is 16.6 Å². The van der Waals surface area contributed by atoms with Gasteiger partial charge in [-0.3, -0.25) is 4.79 Å². The summed E-state index contributed by atoms with van der Waals surface area (Å²) < 4.78 is 0. The zero-order valence-corrected chi connectivity index (χ0v) is 5.76. The van der Waals surface area contributed by atoms with E-state index in [0.29, 0.717) is 0 Å². The van der Waals surface area contributed by atoms with E-state index in [1.165, 1.54) is 12.5 Å². The normalized spacial score (nSPS) is 10.3. The second-order valence-electron chi connectivity index (χ2n) is 2.08. The number of aromatic nitrogens is 4. The lowest BCUT2D eigenvalue weighted by molar-refractivity contribution is 0.750. The van der Waals surface area contributed by atoms with Crippen molar-refractivity contribution in [3.8, 4) is 0 Å². The predicted molar refractivity (Wildman–Crippen MR) is 39.3 cm³/mol. The number of nitrogens with one attached hydrogen (secondary N) is 1. The van der Waals surface area contributed by atoms with Crippen LogP contribution in [0.15, 0.2) is 22.6 Å². The summed E-state index contributed by atoms with van der Waals surface area (Å²) in [7, 11) is 0. The minimum Gasteiger partial charge on any atom is -0.312 e. The minimum atomic E-state index is -0.338. The van der Waals surface area contributed by atoms with E-state index in [1.54, 1.807) is 0 Å². The Labute approximate surface area is 65.0 Å². The molecule has 2 aromatic rings. The van der Waals surface area contributed by atoms with E-state index in [0.717, 1.165) is 4.79 Å². The summed E-state index contributed by atoms with van der Waals surface area (Å²) >= 11 is 0. The van der Waals surface area contributed by atoms with Gasteiger partial charge in [0.05, 0.1) is 17.8 Å². The molecule has 0 amide bonds. The summed E-state index contributed by atoms with van der Waals surface area (Å²) in [6.45, 7) is 0. The Morgan fingerprint density at radius 1 is 1.58 bits per heavy atom. The van der Waals surface area contributed by atoms with Crippen molar-refractivity contribution in [1.82, 2.24) is 19.9 Å².